The highest BCUT2D eigenvalue weighted by Crippen LogP contribution is 2.46. The van der Waals surface area contributed by atoms with Crippen molar-refractivity contribution in [2.45, 2.75) is 127 Å². The highest BCUT2D eigenvalue weighted by molar-refractivity contribution is 7.14. The van der Waals surface area contributed by atoms with Gasteiger partial charge in [0.25, 0.3) is 0 Å². The van der Waals surface area contributed by atoms with Crippen LogP contribution >= 0.6 is 11.3 Å². The predicted molar refractivity (Wildman–Crippen MR) is 210 cm³/mol. The van der Waals surface area contributed by atoms with E-state index in [2.05, 4.69) is 35.9 Å². The molecule has 3 fully saturated rings. The number of anilines is 1. The monoisotopic (exact) mass is 772 g/mol. The fourth-order valence-electron chi connectivity index (χ4n) is 8.09. The van der Waals surface area contributed by atoms with Crippen LogP contribution < -0.4 is 25.4 Å². The summed E-state index contributed by atoms with van der Waals surface area (Å²) >= 11 is 1.49. The maximum Gasteiger partial charge on any atom is 0.408 e. The average Bonchev–Trinajstić information content (AvgIpc) is 3.58. The van der Waals surface area contributed by atoms with E-state index >= 15 is 0 Å². The normalized spacial score (nSPS) is 26.7. The van der Waals surface area contributed by atoms with Gasteiger partial charge >= 0.3 is 6.09 Å². The van der Waals surface area contributed by atoms with Gasteiger partial charge in [0, 0.05) is 41.3 Å². The smallest absolute Gasteiger partial charge is 0.408 e. The molecule has 5 atom stereocenters. The van der Waals surface area contributed by atoms with Crippen LogP contribution in [0.5, 0.6) is 11.5 Å². The Morgan fingerprint density at radius 3 is 2.58 bits per heavy atom. The standard InChI is InChI=1S/C41H52N6O7S/c1-24(2)42-39-44-34(23-55-39)33-20-36(30-17-16-28(52-4)18-32(30)43-33)53-29-19-35-37(49)46-41(25(3)48)21-26(41)12-8-6-5-7-9-15-31(38(50)47(35)22-29)45-40(51)54-27-13-10-11-14-27/h8,12,16-18,20,23-24,26-27,29,31,35H,5-7,9-11,13-15,19,21-22H2,1-4H3,(H,42,44)(H,45,51)(H,46,49)/b12-8-/t26-,29-,31+,35+,41+/m1/s1. The second kappa shape index (κ2) is 16.6. The van der Waals surface area contributed by atoms with Crippen LogP contribution in [-0.4, -0.2) is 88.1 Å². The number of thiazole rings is 1. The van der Waals surface area contributed by atoms with Crippen molar-refractivity contribution < 1.29 is 33.4 Å². The van der Waals surface area contributed by atoms with Crippen molar-refractivity contribution in [3.63, 3.8) is 0 Å². The number of carbonyl (C=O) groups is 4. The molecule has 3 aromatic rings. The van der Waals surface area contributed by atoms with E-state index in [4.69, 9.17) is 24.2 Å². The molecule has 13 nitrogen and oxygen atoms in total. The predicted octanol–water partition coefficient (Wildman–Crippen LogP) is 6.56. The lowest BCUT2D eigenvalue weighted by Gasteiger charge is -2.29. The van der Waals surface area contributed by atoms with Gasteiger partial charge in [-0.05, 0) is 84.3 Å². The molecule has 0 bridgehead atoms. The van der Waals surface area contributed by atoms with E-state index in [9.17, 15) is 19.2 Å². The van der Waals surface area contributed by atoms with Gasteiger partial charge in [-0.3, -0.25) is 14.4 Å². The van der Waals surface area contributed by atoms with E-state index in [0.29, 0.717) is 47.7 Å². The molecule has 4 aliphatic rings. The first kappa shape index (κ1) is 38.6. The quantitative estimate of drug-likeness (QED) is 0.203. The zero-order valence-corrected chi connectivity index (χ0v) is 32.9. The number of benzene rings is 1. The van der Waals surface area contributed by atoms with Gasteiger partial charge in [-0.2, -0.15) is 0 Å². The van der Waals surface area contributed by atoms with E-state index in [1.165, 1.54) is 23.2 Å². The maximum atomic E-state index is 14.6. The lowest BCUT2D eigenvalue weighted by molar-refractivity contribution is -0.141. The van der Waals surface area contributed by atoms with E-state index in [-0.39, 0.29) is 42.7 Å². The molecule has 1 aromatic carbocycles. The number of fused-ring (bicyclic) bond motifs is 3. The number of hydrogen-bond donors (Lipinski definition) is 3. The van der Waals surface area contributed by atoms with E-state index in [1.807, 2.05) is 35.7 Å². The summed E-state index contributed by atoms with van der Waals surface area (Å²) in [5.41, 5.74) is 0.918. The molecule has 14 heteroatoms. The zero-order chi connectivity index (χ0) is 38.7. The third kappa shape index (κ3) is 8.74. The average molecular weight is 773 g/mol. The number of hydrogen-bond acceptors (Lipinski definition) is 11. The fourth-order valence-corrected chi connectivity index (χ4v) is 8.94. The van der Waals surface area contributed by atoms with Crippen LogP contribution in [0.4, 0.5) is 9.93 Å². The van der Waals surface area contributed by atoms with Crippen molar-refractivity contribution in [3.05, 3.63) is 41.8 Å². The van der Waals surface area contributed by atoms with Gasteiger partial charge in [-0.15, -0.1) is 11.3 Å². The number of methoxy groups -OCH3 is 1. The number of allylic oxidation sites excluding steroid dienone is 1. The third-order valence-electron chi connectivity index (χ3n) is 11.2. The van der Waals surface area contributed by atoms with Gasteiger partial charge in [0.15, 0.2) is 10.9 Å². The largest absolute Gasteiger partial charge is 0.497 e. The minimum Gasteiger partial charge on any atom is -0.497 e. The second-order valence-electron chi connectivity index (χ2n) is 15.6. The minimum absolute atomic E-state index is 0.0949. The number of ketones is 1. The van der Waals surface area contributed by atoms with Gasteiger partial charge in [0.1, 0.15) is 47.0 Å². The molecule has 2 saturated carbocycles. The van der Waals surface area contributed by atoms with Gasteiger partial charge < -0.3 is 35.1 Å². The number of Topliss-reactive ketones (excluding diaryl/α,β-unsaturated/α-hetero) is 1. The summed E-state index contributed by atoms with van der Waals surface area (Å²) in [6.07, 6.45) is 10.8. The van der Waals surface area contributed by atoms with Crippen LogP contribution in [0.1, 0.15) is 91.4 Å². The molecule has 0 spiro atoms. The number of alkyl carbamates (subject to hydrolysis) is 1. The summed E-state index contributed by atoms with van der Waals surface area (Å²) in [5.74, 6) is 0.164. The van der Waals surface area contributed by atoms with E-state index in [1.54, 1.807) is 7.11 Å². The van der Waals surface area contributed by atoms with Crippen LogP contribution in [0, 0.1) is 5.92 Å². The van der Waals surface area contributed by atoms with Gasteiger partial charge in [-0.1, -0.05) is 25.0 Å². The second-order valence-corrected chi connectivity index (χ2v) is 16.5. The molecule has 3 N–H and O–H groups in total. The fraction of sp³-hybridized carbons (Fsp3) is 0.561. The van der Waals surface area contributed by atoms with Crippen LogP contribution in [0.25, 0.3) is 22.3 Å². The minimum atomic E-state index is -1.00. The Morgan fingerprint density at radius 1 is 1.02 bits per heavy atom. The number of amides is 3. The molecule has 0 radical (unpaired) electrons. The Bertz CT molecular complexity index is 1940. The van der Waals surface area contributed by atoms with Gasteiger partial charge in [-0.25, -0.2) is 14.8 Å². The summed E-state index contributed by atoms with van der Waals surface area (Å²) in [7, 11) is 1.60. The molecule has 294 valence electrons. The summed E-state index contributed by atoms with van der Waals surface area (Å²) in [6, 6.07) is 5.78. The third-order valence-corrected chi connectivity index (χ3v) is 12.0. The summed E-state index contributed by atoms with van der Waals surface area (Å²) in [4.78, 5) is 66.3. The molecular formula is C41H52N6O7S. The number of ether oxygens (including phenoxy) is 3. The Kier molecular flexibility index (Phi) is 11.6. The number of nitrogens with zero attached hydrogens (tertiary/aromatic N) is 3. The number of rotatable bonds is 9. The van der Waals surface area contributed by atoms with Crippen LogP contribution in [0.15, 0.2) is 41.8 Å². The SMILES string of the molecule is COc1ccc2c(O[C@@H]3C[C@H]4C(=O)N[C@]5(C(C)=O)C[C@H]5/C=C\CCCCC[C@H](NC(=O)OC5CCCC5)C(=O)N4C3)cc(-c3csc(NC(C)C)n3)nc2c1. The maximum absolute atomic E-state index is 14.6. The Hall–Kier alpha value is -4.72. The topological polar surface area (TPSA) is 161 Å². The summed E-state index contributed by atoms with van der Waals surface area (Å²) in [6.45, 7) is 5.70. The molecule has 2 aliphatic heterocycles. The molecule has 2 aromatic heterocycles. The van der Waals surface area contributed by atoms with Crippen molar-refractivity contribution in [2.24, 2.45) is 5.92 Å². The highest BCUT2D eigenvalue weighted by Gasteiger charge is 2.59. The lowest BCUT2D eigenvalue weighted by atomic mass is 10.0. The van der Waals surface area contributed by atoms with E-state index < -0.39 is 35.7 Å². The number of carbonyl (C=O) groups excluding carboxylic acids is 4. The van der Waals surface area contributed by atoms with Crippen molar-refractivity contribution in [3.8, 4) is 22.9 Å². The van der Waals surface area contributed by atoms with Crippen molar-refractivity contribution in [1.82, 2.24) is 25.5 Å². The lowest BCUT2D eigenvalue weighted by Crippen LogP contribution is -2.56. The van der Waals surface area contributed by atoms with Crippen LogP contribution in [0.2, 0.25) is 0 Å². The first-order valence-corrected chi connectivity index (χ1v) is 20.6. The highest BCUT2D eigenvalue weighted by atomic mass is 32.1. The molecule has 4 heterocycles. The Balaban J connectivity index is 1.20. The Morgan fingerprint density at radius 2 is 1.82 bits per heavy atom. The molecule has 3 amide bonds. The Labute approximate surface area is 326 Å². The molecule has 0 unspecified atom stereocenters. The van der Waals surface area contributed by atoms with E-state index in [0.717, 1.165) is 55.5 Å². The molecule has 1 saturated heterocycles. The van der Waals surface area contributed by atoms with Gasteiger partial charge in [0.05, 0.1) is 24.9 Å². The molecule has 2 aliphatic carbocycles. The first-order chi connectivity index (χ1) is 26.5. The van der Waals surface area contributed by atoms with Crippen LogP contribution in [-0.2, 0) is 19.1 Å². The summed E-state index contributed by atoms with van der Waals surface area (Å²) in [5, 5.41) is 12.7. The molecule has 7 rings (SSSR count). The van der Waals surface area contributed by atoms with Crippen LogP contribution in [0.3, 0.4) is 0 Å². The number of aromatic nitrogens is 2. The van der Waals surface area contributed by atoms with Gasteiger partial charge in [0.2, 0.25) is 11.8 Å². The van der Waals surface area contributed by atoms with Crippen molar-refractivity contribution >= 4 is 51.1 Å². The first-order valence-electron chi connectivity index (χ1n) is 19.7. The van der Waals surface area contributed by atoms with Crippen molar-refractivity contribution in [1.29, 1.82) is 0 Å². The molecular weight excluding hydrogens is 721 g/mol. The summed E-state index contributed by atoms with van der Waals surface area (Å²) < 4.78 is 18.0. The number of nitrogens with one attached hydrogen (secondary N) is 3. The molecule has 55 heavy (non-hydrogen) atoms. The number of pyridine rings is 1. The van der Waals surface area contributed by atoms with Crippen molar-refractivity contribution in [2.75, 3.05) is 19.0 Å². The zero-order valence-electron chi connectivity index (χ0n) is 32.1.